The van der Waals surface area contributed by atoms with Crippen LogP contribution in [0.5, 0.6) is 0 Å². The maximum atomic E-state index is 12.5. The van der Waals surface area contributed by atoms with Crippen LogP contribution in [0.4, 0.5) is 0 Å². The highest BCUT2D eigenvalue weighted by Gasteiger charge is 2.38. The average molecular weight is 326 g/mol. The minimum atomic E-state index is 0.286. The molecule has 3 nitrogen and oxygen atoms in total. The van der Waals surface area contributed by atoms with Crippen LogP contribution in [0, 0.1) is 11.8 Å². The highest BCUT2D eigenvalue weighted by atomic mass is 16.2. The summed E-state index contributed by atoms with van der Waals surface area (Å²) in [7, 11) is 0. The van der Waals surface area contributed by atoms with Crippen molar-refractivity contribution in [3.05, 3.63) is 35.9 Å². The number of nitrogens with one attached hydrogen (secondary N) is 1. The number of hydrogen-bond donors (Lipinski definition) is 1. The highest BCUT2D eigenvalue weighted by Crippen LogP contribution is 2.40. The lowest BCUT2D eigenvalue weighted by Gasteiger charge is -2.44. The molecule has 3 heteroatoms. The quantitative estimate of drug-likeness (QED) is 0.869. The van der Waals surface area contributed by atoms with E-state index in [-0.39, 0.29) is 5.91 Å². The second kappa shape index (κ2) is 7.26. The van der Waals surface area contributed by atoms with Crippen LogP contribution in [0.25, 0.3) is 0 Å². The van der Waals surface area contributed by atoms with Crippen LogP contribution >= 0.6 is 0 Å². The topological polar surface area (TPSA) is 32.3 Å². The van der Waals surface area contributed by atoms with Crippen molar-refractivity contribution in [1.82, 2.24) is 10.2 Å². The summed E-state index contributed by atoms with van der Waals surface area (Å²) in [6.07, 6.45) is 10.2. The Morgan fingerprint density at radius 3 is 2.29 bits per heavy atom. The monoisotopic (exact) mass is 326 g/mol. The zero-order chi connectivity index (χ0) is 16.4. The van der Waals surface area contributed by atoms with Crippen LogP contribution in [-0.4, -0.2) is 36.0 Å². The van der Waals surface area contributed by atoms with Crippen LogP contribution in [0.2, 0.25) is 0 Å². The van der Waals surface area contributed by atoms with E-state index in [4.69, 9.17) is 0 Å². The first-order chi connectivity index (χ1) is 11.8. The van der Waals surface area contributed by atoms with Crippen molar-refractivity contribution in [2.45, 2.75) is 63.5 Å². The lowest BCUT2D eigenvalue weighted by molar-refractivity contribution is -0.129. The Balaban J connectivity index is 1.29. The molecule has 4 rings (SSSR count). The van der Waals surface area contributed by atoms with E-state index in [0.29, 0.717) is 12.5 Å². The van der Waals surface area contributed by atoms with Gasteiger partial charge in [0.05, 0.1) is 6.42 Å². The van der Waals surface area contributed by atoms with Gasteiger partial charge in [-0.3, -0.25) is 4.79 Å². The zero-order valence-corrected chi connectivity index (χ0v) is 14.6. The molecule has 0 aromatic heterocycles. The summed E-state index contributed by atoms with van der Waals surface area (Å²) in [5.74, 6) is 2.10. The van der Waals surface area contributed by atoms with Crippen LogP contribution in [0.15, 0.2) is 30.3 Å². The van der Waals surface area contributed by atoms with Gasteiger partial charge in [-0.25, -0.2) is 0 Å². The number of amides is 1. The van der Waals surface area contributed by atoms with Crippen molar-refractivity contribution in [1.29, 1.82) is 0 Å². The van der Waals surface area contributed by atoms with Gasteiger partial charge in [-0.15, -0.1) is 0 Å². The third-order valence-corrected chi connectivity index (χ3v) is 6.48. The molecule has 1 saturated heterocycles. The lowest BCUT2D eigenvalue weighted by Crippen LogP contribution is -2.51. The van der Waals surface area contributed by atoms with E-state index in [1.165, 1.54) is 38.5 Å². The first-order valence-corrected chi connectivity index (χ1v) is 9.87. The first-order valence-electron chi connectivity index (χ1n) is 9.87. The molecule has 0 radical (unpaired) electrons. The number of nitrogens with zero attached hydrogens (tertiary/aromatic N) is 1. The second-order valence-electron chi connectivity index (χ2n) is 8.06. The number of carbonyl (C=O) groups excluding carboxylic acids is 1. The van der Waals surface area contributed by atoms with E-state index in [1.54, 1.807) is 0 Å². The van der Waals surface area contributed by atoms with Crippen LogP contribution in [-0.2, 0) is 11.2 Å². The third-order valence-electron chi connectivity index (χ3n) is 6.48. The molecule has 130 valence electrons. The van der Waals surface area contributed by atoms with E-state index in [2.05, 4.69) is 10.2 Å². The van der Waals surface area contributed by atoms with Gasteiger partial charge in [-0.2, -0.15) is 0 Å². The first kappa shape index (κ1) is 16.1. The van der Waals surface area contributed by atoms with E-state index in [0.717, 1.165) is 43.0 Å². The average Bonchev–Trinajstić information content (AvgIpc) is 2.93. The SMILES string of the molecule is O=C(Cc1ccccc1)N1CCC(NC(C2CCC2)C2CCC2)C1. The minimum Gasteiger partial charge on any atom is -0.341 e. The van der Waals surface area contributed by atoms with Crippen molar-refractivity contribution >= 4 is 5.91 Å². The summed E-state index contributed by atoms with van der Waals surface area (Å²) in [5, 5.41) is 3.97. The molecular formula is C21H30N2O. The number of likely N-dealkylation sites (tertiary alicyclic amines) is 1. The van der Waals surface area contributed by atoms with Gasteiger partial charge in [0.1, 0.15) is 0 Å². The summed E-state index contributed by atoms with van der Waals surface area (Å²) in [6.45, 7) is 1.83. The molecule has 0 bridgehead atoms. The molecule has 1 aromatic rings. The van der Waals surface area contributed by atoms with Crippen LogP contribution < -0.4 is 5.32 Å². The van der Waals surface area contributed by atoms with E-state index >= 15 is 0 Å². The smallest absolute Gasteiger partial charge is 0.227 e. The molecule has 24 heavy (non-hydrogen) atoms. The van der Waals surface area contributed by atoms with Gasteiger partial charge in [-0.05, 0) is 49.5 Å². The summed E-state index contributed by atoms with van der Waals surface area (Å²) in [4.78, 5) is 14.6. The molecule has 1 unspecified atom stereocenters. The molecular weight excluding hydrogens is 296 g/mol. The predicted molar refractivity (Wildman–Crippen MR) is 96.7 cm³/mol. The van der Waals surface area contributed by atoms with Gasteiger partial charge >= 0.3 is 0 Å². The third kappa shape index (κ3) is 3.51. The van der Waals surface area contributed by atoms with Crippen molar-refractivity contribution < 1.29 is 4.79 Å². The number of hydrogen-bond acceptors (Lipinski definition) is 2. The molecule has 1 heterocycles. The van der Waals surface area contributed by atoms with Gasteiger partial charge in [0.25, 0.3) is 0 Å². The van der Waals surface area contributed by atoms with Crippen molar-refractivity contribution in [3.63, 3.8) is 0 Å². The van der Waals surface area contributed by atoms with Gasteiger partial charge in [-0.1, -0.05) is 43.2 Å². The molecule has 0 spiro atoms. The summed E-state index contributed by atoms with van der Waals surface area (Å²) < 4.78 is 0. The van der Waals surface area contributed by atoms with Crippen LogP contribution in [0.1, 0.15) is 50.5 Å². The van der Waals surface area contributed by atoms with Crippen LogP contribution in [0.3, 0.4) is 0 Å². The molecule has 2 aliphatic carbocycles. The van der Waals surface area contributed by atoms with Gasteiger partial charge < -0.3 is 10.2 Å². The molecule has 1 amide bonds. The van der Waals surface area contributed by atoms with Gasteiger partial charge in [0.2, 0.25) is 5.91 Å². The predicted octanol–water partition coefficient (Wildman–Crippen LogP) is 3.39. The Bertz CT molecular complexity index is 536. The molecule has 3 fully saturated rings. The fourth-order valence-corrected chi connectivity index (χ4v) is 4.53. The molecule has 1 N–H and O–H groups in total. The molecule has 2 saturated carbocycles. The Hall–Kier alpha value is -1.35. The zero-order valence-electron chi connectivity index (χ0n) is 14.6. The fraction of sp³-hybridized carbons (Fsp3) is 0.667. The normalized spacial score (nSPS) is 24.9. The summed E-state index contributed by atoms with van der Waals surface area (Å²) in [5.41, 5.74) is 1.13. The maximum absolute atomic E-state index is 12.5. The molecule has 3 aliphatic rings. The molecule has 1 aromatic carbocycles. The fourth-order valence-electron chi connectivity index (χ4n) is 4.53. The maximum Gasteiger partial charge on any atom is 0.227 e. The molecule has 1 aliphatic heterocycles. The highest BCUT2D eigenvalue weighted by molar-refractivity contribution is 5.79. The number of carbonyl (C=O) groups is 1. The standard InChI is InChI=1S/C21H30N2O/c24-20(14-16-6-2-1-3-7-16)23-13-12-19(15-23)22-21(17-8-4-9-17)18-10-5-11-18/h1-3,6-7,17-19,21-22H,4-5,8-15H2. The van der Waals surface area contributed by atoms with E-state index in [1.807, 2.05) is 30.3 Å². The lowest BCUT2D eigenvalue weighted by atomic mass is 9.68. The van der Waals surface area contributed by atoms with Crippen molar-refractivity contribution in [2.24, 2.45) is 11.8 Å². The summed E-state index contributed by atoms with van der Waals surface area (Å²) >= 11 is 0. The Morgan fingerprint density at radius 2 is 1.71 bits per heavy atom. The number of rotatable bonds is 6. The van der Waals surface area contributed by atoms with E-state index in [9.17, 15) is 4.79 Å². The largest absolute Gasteiger partial charge is 0.341 e. The molecule has 1 atom stereocenters. The van der Waals surface area contributed by atoms with Crippen molar-refractivity contribution in [2.75, 3.05) is 13.1 Å². The van der Waals surface area contributed by atoms with Gasteiger partial charge in [0.15, 0.2) is 0 Å². The number of benzene rings is 1. The summed E-state index contributed by atoms with van der Waals surface area (Å²) in [6, 6.07) is 11.4. The Labute approximate surface area is 145 Å². The second-order valence-corrected chi connectivity index (χ2v) is 8.06. The minimum absolute atomic E-state index is 0.286. The van der Waals surface area contributed by atoms with Crippen molar-refractivity contribution in [3.8, 4) is 0 Å². The van der Waals surface area contributed by atoms with E-state index < -0.39 is 0 Å². The Kier molecular flexibility index (Phi) is 4.88. The Morgan fingerprint density at radius 1 is 1.04 bits per heavy atom. The van der Waals surface area contributed by atoms with Gasteiger partial charge in [0, 0.05) is 25.2 Å².